The molecule has 64 valence electrons. The molecule has 1 aromatic rings. The Labute approximate surface area is 73.2 Å². The summed E-state index contributed by atoms with van der Waals surface area (Å²) in [6.45, 7) is 0. The first-order valence-electron chi connectivity index (χ1n) is 3.16. The Bertz CT molecular complexity index is 269. The van der Waals surface area contributed by atoms with Crippen LogP contribution in [0.3, 0.4) is 0 Å². The molecule has 0 radical (unpaired) electrons. The lowest BCUT2D eigenvalue weighted by atomic mass is 10.5. The Morgan fingerprint density at radius 1 is 1.75 bits per heavy atom. The molecule has 5 nitrogen and oxygen atoms in total. The average molecular weight is 184 g/mol. The Morgan fingerprint density at radius 3 is 3.17 bits per heavy atom. The van der Waals surface area contributed by atoms with Crippen LogP contribution in [0.5, 0.6) is 0 Å². The topological polar surface area (TPSA) is 79.5 Å². The van der Waals surface area contributed by atoms with Crippen LogP contribution in [0.15, 0.2) is 22.6 Å². The van der Waals surface area contributed by atoms with E-state index in [1.54, 1.807) is 6.21 Å². The highest BCUT2D eigenvalue weighted by Crippen LogP contribution is 2.03. The third kappa shape index (κ3) is 2.69. The van der Waals surface area contributed by atoms with E-state index in [1.165, 1.54) is 11.3 Å². The van der Waals surface area contributed by atoms with Crippen LogP contribution in [-0.4, -0.2) is 12.2 Å². The Balaban J connectivity index is 2.37. The molecule has 1 rings (SSSR count). The van der Waals surface area contributed by atoms with Gasteiger partial charge in [-0.3, -0.25) is 5.43 Å². The molecule has 0 aromatic carbocycles. The van der Waals surface area contributed by atoms with Crippen molar-refractivity contribution in [2.24, 2.45) is 10.9 Å². The van der Waals surface area contributed by atoms with Gasteiger partial charge in [0.05, 0.1) is 6.21 Å². The van der Waals surface area contributed by atoms with Crippen molar-refractivity contribution >= 4 is 23.6 Å². The summed E-state index contributed by atoms with van der Waals surface area (Å²) in [7, 11) is 0. The van der Waals surface area contributed by atoms with Gasteiger partial charge in [-0.1, -0.05) is 6.07 Å². The number of nitrogens with zero attached hydrogens (tertiary/aromatic N) is 1. The molecule has 0 atom stereocenters. The van der Waals surface area contributed by atoms with E-state index < -0.39 is 6.03 Å². The van der Waals surface area contributed by atoms with E-state index >= 15 is 0 Å². The Kier molecular flexibility index (Phi) is 3.24. The molecule has 1 heterocycles. The number of hydrazone groups is 1. The van der Waals surface area contributed by atoms with E-state index in [4.69, 9.17) is 5.84 Å². The molecule has 0 aliphatic carbocycles. The van der Waals surface area contributed by atoms with E-state index in [2.05, 4.69) is 10.5 Å². The van der Waals surface area contributed by atoms with Gasteiger partial charge in [0.25, 0.3) is 0 Å². The van der Waals surface area contributed by atoms with Crippen LogP contribution in [0.2, 0.25) is 0 Å². The van der Waals surface area contributed by atoms with Crippen LogP contribution in [0.1, 0.15) is 4.88 Å². The lowest BCUT2D eigenvalue weighted by Gasteiger charge is -1.94. The number of hydrogen-bond donors (Lipinski definition) is 3. The molecule has 4 N–H and O–H groups in total. The van der Waals surface area contributed by atoms with E-state index in [1.807, 2.05) is 22.9 Å². The summed E-state index contributed by atoms with van der Waals surface area (Å²) in [5, 5.41) is 5.55. The predicted octanol–water partition coefficient (Wildman–Crippen LogP) is 0.255. The lowest BCUT2D eigenvalue weighted by molar-refractivity contribution is 0.241. The van der Waals surface area contributed by atoms with Gasteiger partial charge in [-0.2, -0.15) is 5.10 Å². The number of urea groups is 1. The smallest absolute Gasteiger partial charge is 0.274 e. The van der Waals surface area contributed by atoms with Gasteiger partial charge in [0.15, 0.2) is 0 Å². The maximum absolute atomic E-state index is 10.5. The largest absolute Gasteiger partial charge is 0.349 e. The van der Waals surface area contributed by atoms with Gasteiger partial charge in [0.2, 0.25) is 0 Å². The fourth-order valence-electron chi connectivity index (χ4n) is 0.552. The van der Waals surface area contributed by atoms with Crippen LogP contribution in [-0.2, 0) is 0 Å². The minimum absolute atomic E-state index is 0.539. The van der Waals surface area contributed by atoms with E-state index in [-0.39, 0.29) is 0 Å². The fourth-order valence-corrected chi connectivity index (χ4v) is 1.14. The highest BCUT2D eigenvalue weighted by Gasteiger charge is 1.90. The van der Waals surface area contributed by atoms with Gasteiger partial charge in [-0.05, 0) is 11.4 Å². The molecule has 0 unspecified atom stereocenters. The first-order chi connectivity index (χ1) is 5.83. The summed E-state index contributed by atoms with van der Waals surface area (Å²) < 4.78 is 0. The number of thiophene rings is 1. The van der Waals surface area contributed by atoms with Gasteiger partial charge in [-0.15, -0.1) is 11.3 Å². The zero-order valence-electron chi connectivity index (χ0n) is 6.15. The number of carbonyl (C=O) groups is 1. The number of hydrogen-bond acceptors (Lipinski definition) is 4. The molecule has 0 saturated heterocycles. The molecule has 0 aliphatic heterocycles. The molecule has 0 spiro atoms. The van der Waals surface area contributed by atoms with Crippen molar-refractivity contribution in [1.82, 2.24) is 10.9 Å². The number of nitrogens with one attached hydrogen (secondary N) is 2. The predicted molar refractivity (Wildman–Crippen MR) is 47.8 cm³/mol. The molecule has 1 aromatic heterocycles. The Morgan fingerprint density at radius 2 is 2.58 bits per heavy atom. The SMILES string of the molecule is NNC(=O)NN=Cc1cccs1. The number of nitrogens with two attached hydrogens (primary N) is 1. The third-order valence-electron chi connectivity index (χ3n) is 1.03. The van der Waals surface area contributed by atoms with Crippen molar-refractivity contribution in [2.45, 2.75) is 0 Å². The first kappa shape index (κ1) is 8.69. The summed E-state index contributed by atoms with van der Waals surface area (Å²) in [6, 6.07) is 3.24. The van der Waals surface area contributed by atoms with Gasteiger partial charge in [0.1, 0.15) is 0 Å². The normalized spacial score (nSPS) is 10.1. The zero-order chi connectivity index (χ0) is 8.81. The zero-order valence-corrected chi connectivity index (χ0v) is 6.97. The van der Waals surface area contributed by atoms with Gasteiger partial charge < -0.3 is 0 Å². The van der Waals surface area contributed by atoms with Crippen LogP contribution in [0.25, 0.3) is 0 Å². The second kappa shape index (κ2) is 4.47. The number of hydrazine groups is 1. The van der Waals surface area contributed by atoms with Crippen LogP contribution < -0.4 is 16.7 Å². The van der Waals surface area contributed by atoms with Gasteiger partial charge in [-0.25, -0.2) is 16.1 Å². The molecule has 12 heavy (non-hydrogen) atoms. The molecular formula is C6H8N4OS. The van der Waals surface area contributed by atoms with Gasteiger partial charge in [0, 0.05) is 4.88 Å². The molecule has 0 bridgehead atoms. The minimum atomic E-state index is -0.539. The molecule has 0 saturated carbocycles. The van der Waals surface area contributed by atoms with Crippen molar-refractivity contribution in [3.8, 4) is 0 Å². The highest BCUT2D eigenvalue weighted by atomic mass is 32.1. The average Bonchev–Trinajstić information content (AvgIpc) is 2.57. The summed E-state index contributed by atoms with van der Waals surface area (Å²) in [5.74, 6) is 4.80. The summed E-state index contributed by atoms with van der Waals surface area (Å²) in [5.41, 5.74) is 4.06. The van der Waals surface area contributed by atoms with E-state index in [0.29, 0.717) is 0 Å². The van der Waals surface area contributed by atoms with Crippen molar-refractivity contribution in [3.63, 3.8) is 0 Å². The maximum Gasteiger partial charge on any atom is 0.349 e. The molecule has 2 amide bonds. The molecular weight excluding hydrogens is 176 g/mol. The highest BCUT2D eigenvalue weighted by molar-refractivity contribution is 7.11. The van der Waals surface area contributed by atoms with Crippen LogP contribution in [0.4, 0.5) is 4.79 Å². The quantitative estimate of drug-likeness (QED) is 0.267. The monoisotopic (exact) mass is 184 g/mol. The molecule has 0 aliphatic rings. The van der Waals surface area contributed by atoms with Gasteiger partial charge >= 0.3 is 6.03 Å². The number of rotatable bonds is 2. The first-order valence-corrected chi connectivity index (χ1v) is 4.04. The molecule has 6 heteroatoms. The van der Waals surface area contributed by atoms with E-state index in [9.17, 15) is 4.79 Å². The van der Waals surface area contributed by atoms with Crippen molar-refractivity contribution in [2.75, 3.05) is 0 Å². The standard InChI is InChI=1S/C6H8N4OS/c7-9-6(11)10-8-4-5-2-1-3-12-5/h1-4H,7H2,(H2,9,10,11). The van der Waals surface area contributed by atoms with Crippen molar-refractivity contribution in [1.29, 1.82) is 0 Å². The maximum atomic E-state index is 10.5. The van der Waals surface area contributed by atoms with Crippen LogP contribution in [0, 0.1) is 0 Å². The second-order valence-electron chi connectivity index (χ2n) is 1.86. The summed E-state index contributed by atoms with van der Waals surface area (Å²) >= 11 is 1.53. The number of carbonyl (C=O) groups excluding carboxylic acids is 1. The van der Waals surface area contributed by atoms with Crippen molar-refractivity contribution < 1.29 is 4.79 Å². The fraction of sp³-hybridized carbons (Fsp3) is 0. The minimum Gasteiger partial charge on any atom is -0.274 e. The lowest BCUT2D eigenvalue weighted by Crippen LogP contribution is -2.37. The van der Waals surface area contributed by atoms with Crippen molar-refractivity contribution in [3.05, 3.63) is 22.4 Å². The summed E-state index contributed by atoms with van der Waals surface area (Å²) in [4.78, 5) is 11.4. The molecule has 0 fully saturated rings. The van der Waals surface area contributed by atoms with E-state index in [0.717, 1.165) is 4.88 Å². The van der Waals surface area contributed by atoms with Crippen LogP contribution >= 0.6 is 11.3 Å². The second-order valence-corrected chi connectivity index (χ2v) is 2.84. The third-order valence-corrected chi connectivity index (χ3v) is 1.84. The Hall–Kier alpha value is -1.40. The summed E-state index contributed by atoms with van der Waals surface area (Å²) in [6.07, 6.45) is 1.54. The number of amides is 2.